The second-order valence-corrected chi connectivity index (χ2v) is 1.72. The number of carbonyl (C=O) groups excluding carboxylic acids is 1. The Morgan fingerprint density at radius 1 is 1.64 bits per heavy atom. The molecule has 0 aromatic heterocycles. The summed E-state index contributed by atoms with van der Waals surface area (Å²) in [4.78, 5) is 13.5. The van der Waals surface area contributed by atoms with Crippen molar-refractivity contribution in [1.82, 2.24) is 0 Å². The lowest BCUT2D eigenvalue weighted by atomic mass is 10.2. The van der Waals surface area contributed by atoms with Crippen molar-refractivity contribution in [3.63, 3.8) is 0 Å². The van der Waals surface area contributed by atoms with Crippen molar-refractivity contribution in [2.24, 2.45) is 0 Å². The lowest BCUT2D eigenvalue weighted by Gasteiger charge is -1.91. The summed E-state index contributed by atoms with van der Waals surface area (Å²) in [5.74, 6) is -1.01. The summed E-state index contributed by atoms with van der Waals surface area (Å²) in [6.45, 7) is 5.07. The molecule has 0 aromatic rings. The van der Waals surface area contributed by atoms with Crippen LogP contribution >= 0.6 is 0 Å². The van der Waals surface area contributed by atoms with Gasteiger partial charge in [0, 0.05) is 4.53 Å². The highest BCUT2D eigenvalue weighted by atomic mass is 19.3. The third-order valence-electron chi connectivity index (χ3n) is 0.949. The molecule has 0 aromatic carbocycles. The van der Waals surface area contributed by atoms with Crippen LogP contribution in [-0.4, -0.2) is 5.97 Å². The molecule has 0 spiro atoms. The van der Waals surface area contributed by atoms with Crippen molar-refractivity contribution < 1.29 is 14.3 Å². The Morgan fingerprint density at radius 3 is 2.64 bits per heavy atom. The third-order valence-corrected chi connectivity index (χ3v) is 0.949. The minimum atomic E-state index is -1.01. The molecule has 60 valence electrons. The predicted molar refractivity (Wildman–Crippen MR) is 40.3 cm³/mol. The summed E-state index contributed by atoms with van der Waals surface area (Å²) in [5, 5.41) is 0. The SMILES string of the molecule is C=C/C=C(\C=C/C)C(=O)OF. The highest BCUT2D eigenvalue weighted by Gasteiger charge is 2.05. The number of hydrogen-bond donors (Lipinski definition) is 0. The van der Waals surface area contributed by atoms with Crippen molar-refractivity contribution >= 4 is 5.97 Å². The molecule has 11 heavy (non-hydrogen) atoms. The van der Waals surface area contributed by atoms with Crippen LogP contribution in [0.15, 0.2) is 36.5 Å². The van der Waals surface area contributed by atoms with E-state index in [0.717, 1.165) is 0 Å². The van der Waals surface area contributed by atoms with Crippen LogP contribution in [0.1, 0.15) is 6.92 Å². The van der Waals surface area contributed by atoms with E-state index in [9.17, 15) is 9.32 Å². The molecule has 0 aliphatic heterocycles. The maximum atomic E-state index is 11.3. The van der Waals surface area contributed by atoms with Crippen molar-refractivity contribution in [3.05, 3.63) is 36.5 Å². The summed E-state index contributed by atoms with van der Waals surface area (Å²) in [7, 11) is 0. The molecule has 0 amide bonds. The fourth-order valence-corrected chi connectivity index (χ4v) is 0.543. The van der Waals surface area contributed by atoms with Crippen LogP contribution in [0.25, 0.3) is 0 Å². The van der Waals surface area contributed by atoms with E-state index in [0.29, 0.717) is 0 Å². The molecule has 0 fully saturated rings. The van der Waals surface area contributed by atoms with Gasteiger partial charge in [-0.15, -0.1) is 0 Å². The van der Waals surface area contributed by atoms with Crippen molar-refractivity contribution in [1.29, 1.82) is 0 Å². The maximum absolute atomic E-state index is 11.3. The van der Waals surface area contributed by atoms with Gasteiger partial charge in [0.2, 0.25) is 0 Å². The Kier molecular flexibility index (Phi) is 4.73. The van der Waals surface area contributed by atoms with Gasteiger partial charge < -0.3 is 0 Å². The molecule has 3 heteroatoms. The van der Waals surface area contributed by atoms with E-state index in [1.807, 2.05) is 0 Å². The summed E-state index contributed by atoms with van der Waals surface area (Å²) < 4.78 is 11.3. The molecule has 0 saturated heterocycles. The van der Waals surface area contributed by atoms with E-state index < -0.39 is 5.97 Å². The van der Waals surface area contributed by atoms with Crippen LogP contribution in [0.5, 0.6) is 0 Å². The summed E-state index contributed by atoms with van der Waals surface area (Å²) in [6.07, 6.45) is 5.78. The zero-order valence-electron chi connectivity index (χ0n) is 6.21. The predicted octanol–water partition coefficient (Wildman–Crippen LogP) is 2.10. The standard InChI is InChI=1S/C8H9FO2/c1-3-5-7(6-4-2)8(10)11-9/h3-6H,1H2,2H3/b6-4-,7-5+. The van der Waals surface area contributed by atoms with Crippen LogP contribution in [-0.2, 0) is 9.74 Å². The summed E-state index contributed by atoms with van der Waals surface area (Å²) in [5.41, 5.74) is 0.130. The minimum Gasteiger partial charge on any atom is -0.249 e. The Labute approximate surface area is 64.6 Å². The zero-order chi connectivity index (χ0) is 8.69. The average molecular weight is 156 g/mol. The zero-order valence-corrected chi connectivity index (χ0v) is 6.21. The second kappa shape index (κ2) is 5.41. The fourth-order valence-electron chi connectivity index (χ4n) is 0.543. The van der Waals surface area contributed by atoms with Gasteiger partial charge in [-0.2, -0.15) is 0 Å². The van der Waals surface area contributed by atoms with Crippen LogP contribution < -0.4 is 0 Å². The molecular formula is C8H9FO2. The highest BCUT2D eigenvalue weighted by molar-refractivity contribution is 5.91. The van der Waals surface area contributed by atoms with Gasteiger partial charge >= 0.3 is 5.97 Å². The number of halogens is 1. The van der Waals surface area contributed by atoms with Crippen LogP contribution in [0.4, 0.5) is 4.53 Å². The number of carbonyl (C=O) groups is 1. The smallest absolute Gasteiger partial charge is 0.249 e. The van der Waals surface area contributed by atoms with Crippen LogP contribution in [0, 0.1) is 0 Å². The molecule has 0 atom stereocenters. The monoisotopic (exact) mass is 156 g/mol. The topological polar surface area (TPSA) is 26.3 Å². The molecule has 0 bridgehead atoms. The number of allylic oxidation sites excluding steroid dienone is 3. The van der Waals surface area contributed by atoms with Gasteiger partial charge in [-0.05, 0) is 13.0 Å². The summed E-state index contributed by atoms with van der Waals surface area (Å²) >= 11 is 0. The Hall–Kier alpha value is -1.38. The van der Waals surface area contributed by atoms with Gasteiger partial charge in [0.1, 0.15) is 0 Å². The second-order valence-electron chi connectivity index (χ2n) is 1.72. The molecule has 0 rings (SSSR count). The van der Waals surface area contributed by atoms with E-state index in [4.69, 9.17) is 0 Å². The normalized spacial score (nSPS) is 11.6. The lowest BCUT2D eigenvalue weighted by Crippen LogP contribution is -1.99. The first kappa shape index (κ1) is 9.62. The molecule has 0 unspecified atom stereocenters. The van der Waals surface area contributed by atoms with Gasteiger partial charge in [-0.25, -0.2) is 9.74 Å². The van der Waals surface area contributed by atoms with E-state index in [2.05, 4.69) is 11.5 Å². The first-order valence-electron chi connectivity index (χ1n) is 3.04. The van der Waals surface area contributed by atoms with Gasteiger partial charge in [0.05, 0.1) is 5.57 Å². The van der Waals surface area contributed by atoms with Crippen molar-refractivity contribution in [3.8, 4) is 0 Å². The Morgan fingerprint density at radius 2 is 2.27 bits per heavy atom. The van der Waals surface area contributed by atoms with E-state index in [-0.39, 0.29) is 5.57 Å². The molecule has 0 aliphatic carbocycles. The summed E-state index contributed by atoms with van der Waals surface area (Å²) in [6, 6.07) is 0. The maximum Gasteiger partial charge on any atom is 0.379 e. The quantitative estimate of drug-likeness (QED) is 0.462. The molecule has 0 heterocycles. The van der Waals surface area contributed by atoms with Gasteiger partial charge in [0.25, 0.3) is 0 Å². The van der Waals surface area contributed by atoms with E-state index >= 15 is 0 Å². The number of rotatable bonds is 3. The molecule has 0 saturated carbocycles. The Bertz CT molecular complexity index is 204. The van der Waals surface area contributed by atoms with Crippen molar-refractivity contribution in [2.75, 3.05) is 0 Å². The molecule has 0 N–H and O–H groups in total. The van der Waals surface area contributed by atoms with E-state index in [1.165, 1.54) is 18.2 Å². The van der Waals surface area contributed by atoms with Crippen LogP contribution in [0.3, 0.4) is 0 Å². The van der Waals surface area contributed by atoms with Crippen molar-refractivity contribution in [2.45, 2.75) is 6.92 Å². The Balaban J connectivity index is 4.46. The fraction of sp³-hybridized carbons (Fsp3) is 0.125. The van der Waals surface area contributed by atoms with Crippen LogP contribution in [0.2, 0.25) is 0 Å². The van der Waals surface area contributed by atoms with E-state index in [1.54, 1.807) is 13.0 Å². The van der Waals surface area contributed by atoms with Gasteiger partial charge in [-0.3, -0.25) is 0 Å². The largest absolute Gasteiger partial charge is 0.379 e. The minimum absolute atomic E-state index is 0.130. The van der Waals surface area contributed by atoms with Gasteiger partial charge in [-0.1, -0.05) is 24.8 Å². The van der Waals surface area contributed by atoms with Gasteiger partial charge in [0.15, 0.2) is 0 Å². The molecular weight excluding hydrogens is 147 g/mol. The molecule has 0 aliphatic rings. The number of hydrogen-bond acceptors (Lipinski definition) is 2. The first-order chi connectivity index (χ1) is 5.26. The third kappa shape index (κ3) is 3.35. The molecule has 2 nitrogen and oxygen atoms in total. The molecule has 0 radical (unpaired) electrons. The first-order valence-corrected chi connectivity index (χ1v) is 3.04. The lowest BCUT2D eigenvalue weighted by molar-refractivity contribution is -0.177. The highest BCUT2D eigenvalue weighted by Crippen LogP contribution is 2.00. The average Bonchev–Trinajstić information content (AvgIpc) is 2.03.